The van der Waals surface area contributed by atoms with Crippen molar-refractivity contribution in [2.24, 2.45) is 10.7 Å². The van der Waals surface area contributed by atoms with Crippen LogP contribution in [0.5, 0.6) is 0 Å². The SMILES string of the molecule is NC(=Nc1ccco1)Nc1ccccc1C(F)(F)F. The highest BCUT2D eigenvalue weighted by Crippen LogP contribution is 2.34. The van der Waals surface area contributed by atoms with E-state index in [9.17, 15) is 13.2 Å². The summed E-state index contributed by atoms with van der Waals surface area (Å²) in [6.45, 7) is 0. The fraction of sp³-hybridized carbons (Fsp3) is 0.0833. The van der Waals surface area contributed by atoms with E-state index >= 15 is 0 Å². The van der Waals surface area contributed by atoms with Gasteiger partial charge in [-0.05, 0) is 18.2 Å². The minimum absolute atomic E-state index is 0.164. The van der Waals surface area contributed by atoms with Crippen LogP contribution in [0.25, 0.3) is 0 Å². The molecule has 100 valence electrons. The summed E-state index contributed by atoms with van der Waals surface area (Å²) in [6.07, 6.45) is -3.08. The van der Waals surface area contributed by atoms with Gasteiger partial charge in [0.1, 0.15) is 0 Å². The van der Waals surface area contributed by atoms with Crippen LogP contribution in [0.2, 0.25) is 0 Å². The number of nitrogens with two attached hydrogens (primary N) is 1. The molecule has 0 aliphatic heterocycles. The van der Waals surface area contributed by atoms with Crippen LogP contribution in [0.1, 0.15) is 5.56 Å². The van der Waals surface area contributed by atoms with Crippen molar-refractivity contribution in [2.45, 2.75) is 6.18 Å². The molecule has 0 bridgehead atoms. The molecule has 0 atom stereocenters. The second-order valence-electron chi connectivity index (χ2n) is 3.62. The molecule has 0 radical (unpaired) electrons. The molecular formula is C12H10F3N3O. The summed E-state index contributed by atoms with van der Waals surface area (Å²) >= 11 is 0. The first-order chi connectivity index (χ1) is 8.97. The van der Waals surface area contributed by atoms with Gasteiger partial charge in [0, 0.05) is 6.07 Å². The average molecular weight is 269 g/mol. The molecule has 3 N–H and O–H groups in total. The molecule has 0 amide bonds. The summed E-state index contributed by atoms with van der Waals surface area (Å²) in [5, 5.41) is 2.40. The number of nitrogens with one attached hydrogen (secondary N) is 1. The molecule has 4 nitrogen and oxygen atoms in total. The number of rotatable bonds is 2. The van der Waals surface area contributed by atoms with Gasteiger partial charge < -0.3 is 15.5 Å². The molecule has 1 aromatic carbocycles. The maximum atomic E-state index is 12.7. The lowest BCUT2D eigenvalue weighted by Crippen LogP contribution is -2.24. The Morgan fingerprint density at radius 1 is 1.16 bits per heavy atom. The lowest BCUT2D eigenvalue weighted by atomic mass is 10.1. The third-order valence-corrected chi connectivity index (χ3v) is 2.23. The molecular weight excluding hydrogens is 259 g/mol. The van der Waals surface area contributed by atoms with E-state index in [0.717, 1.165) is 6.07 Å². The molecule has 0 aliphatic rings. The molecule has 0 saturated carbocycles. The quantitative estimate of drug-likeness (QED) is 0.649. The zero-order valence-electron chi connectivity index (χ0n) is 9.61. The molecule has 2 rings (SSSR count). The van der Waals surface area contributed by atoms with Gasteiger partial charge in [-0.25, -0.2) is 0 Å². The summed E-state index contributed by atoms with van der Waals surface area (Å²) in [5.74, 6) is 0.0149. The summed E-state index contributed by atoms with van der Waals surface area (Å²) in [7, 11) is 0. The topological polar surface area (TPSA) is 63.5 Å². The van der Waals surface area contributed by atoms with E-state index in [1.807, 2.05) is 0 Å². The van der Waals surface area contributed by atoms with Crippen LogP contribution in [-0.4, -0.2) is 5.96 Å². The molecule has 19 heavy (non-hydrogen) atoms. The molecule has 1 aromatic heterocycles. The van der Waals surface area contributed by atoms with E-state index < -0.39 is 11.7 Å². The predicted molar refractivity (Wildman–Crippen MR) is 65.1 cm³/mol. The van der Waals surface area contributed by atoms with Gasteiger partial charge in [-0.3, -0.25) is 0 Å². The number of para-hydroxylation sites is 1. The van der Waals surface area contributed by atoms with Gasteiger partial charge in [0.25, 0.3) is 0 Å². The summed E-state index contributed by atoms with van der Waals surface area (Å²) < 4.78 is 43.1. The highest BCUT2D eigenvalue weighted by Gasteiger charge is 2.33. The molecule has 2 aromatic rings. The van der Waals surface area contributed by atoms with Crippen molar-refractivity contribution in [3.63, 3.8) is 0 Å². The van der Waals surface area contributed by atoms with E-state index in [2.05, 4.69) is 10.3 Å². The second-order valence-corrected chi connectivity index (χ2v) is 3.62. The van der Waals surface area contributed by atoms with E-state index in [-0.39, 0.29) is 17.5 Å². The number of hydrogen-bond donors (Lipinski definition) is 2. The van der Waals surface area contributed by atoms with Gasteiger partial charge >= 0.3 is 6.18 Å². The van der Waals surface area contributed by atoms with Crippen LogP contribution < -0.4 is 11.1 Å². The number of halogens is 3. The van der Waals surface area contributed by atoms with Crippen LogP contribution in [-0.2, 0) is 6.18 Å². The zero-order valence-corrected chi connectivity index (χ0v) is 9.61. The van der Waals surface area contributed by atoms with Crippen LogP contribution in [0, 0.1) is 0 Å². The van der Waals surface area contributed by atoms with Crippen molar-refractivity contribution in [2.75, 3.05) is 5.32 Å². The van der Waals surface area contributed by atoms with Crippen molar-refractivity contribution in [3.8, 4) is 0 Å². The number of benzene rings is 1. The second kappa shape index (κ2) is 5.05. The Balaban J connectivity index is 2.24. The predicted octanol–water partition coefficient (Wildman–Crippen LogP) is 3.36. The molecule has 0 fully saturated rings. The van der Waals surface area contributed by atoms with E-state index in [0.29, 0.717) is 0 Å². The summed E-state index contributed by atoms with van der Waals surface area (Å²) in [4.78, 5) is 3.79. The van der Waals surface area contributed by atoms with Crippen LogP contribution in [0.4, 0.5) is 24.7 Å². The number of furan rings is 1. The Bertz CT molecular complexity index is 576. The largest absolute Gasteiger partial charge is 0.447 e. The number of nitrogens with zero attached hydrogens (tertiary/aromatic N) is 1. The van der Waals surface area contributed by atoms with Crippen molar-refractivity contribution in [1.29, 1.82) is 0 Å². The Morgan fingerprint density at radius 3 is 2.53 bits per heavy atom. The Labute approximate surface area is 106 Å². The first-order valence-corrected chi connectivity index (χ1v) is 5.28. The van der Waals surface area contributed by atoms with Gasteiger partial charge in [0.15, 0.2) is 0 Å². The third-order valence-electron chi connectivity index (χ3n) is 2.23. The van der Waals surface area contributed by atoms with Gasteiger partial charge in [0.2, 0.25) is 11.8 Å². The van der Waals surface area contributed by atoms with Crippen molar-refractivity contribution in [1.82, 2.24) is 0 Å². The maximum absolute atomic E-state index is 12.7. The zero-order chi connectivity index (χ0) is 13.9. The van der Waals surface area contributed by atoms with Crippen LogP contribution in [0.3, 0.4) is 0 Å². The summed E-state index contributed by atoms with van der Waals surface area (Å²) in [6, 6.07) is 8.13. The first-order valence-electron chi connectivity index (χ1n) is 5.28. The number of guanidine groups is 1. The highest BCUT2D eigenvalue weighted by atomic mass is 19.4. The highest BCUT2D eigenvalue weighted by molar-refractivity contribution is 5.94. The molecule has 0 saturated heterocycles. The fourth-order valence-corrected chi connectivity index (χ4v) is 1.46. The fourth-order valence-electron chi connectivity index (χ4n) is 1.46. The lowest BCUT2D eigenvalue weighted by molar-refractivity contribution is -0.136. The Hall–Kier alpha value is -2.44. The molecule has 0 unspecified atom stereocenters. The minimum Gasteiger partial charge on any atom is -0.447 e. The number of aliphatic imine (C=N–C) groups is 1. The molecule has 0 aliphatic carbocycles. The van der Waals surface area contributed by atoms with E-state index in [4.69, 9.17) is 10.2 Å². The Kier molecular flexibility index (Phi) is 3.46. The van der Waals surface area contributed by atoms with Crippen molar-refractivity contribution < 1.29 is 17.6 Å². The van der Waals surface area contributed by atoms with Crippen molar-refractivity contribution >= 4 is 17.5 Å². The third kappa shape index (κ3) is 3.27. The normalized spacial score (nSPS) is 12.5. The standard InChI is InChI=1S/C12H10F3N3O/c13-12(14,15)8-4-1-2-5-9(8)17-11(16)18-10-6-3-7-19-10/h1-7H,(H3,16,17,18). The number of anilines is 1. The Morgan fingerprint density at radius 2 is 1.89 bits per heavy atom. The number of alkyl halides is 3. The van der Waals surface area contributed by atoms with Crippen LogP contribution in [0.15, 0.2) is 52.1 Å². The van der Waals surface area contributed by atoms with Gasteiger partial charge in [-0.15, -0.1) is 0 Å². The van der Waals surface area contributed by atoms with Crippen LogP contribution >= 0.6 is 0 Å². The van der Waals surface area contributed by atoms with Crippen molar-refractivity contribution in [3.05, 3.63) is 48.2 Å². The van der Waals surface area contributed by atoms with Gasteiger partial charge in [-0.2, -0.15) is 18.2 Å². The summed E-state index contributed by atoms with van der Waals surface area (Å²) in [5.41, 5.74) is 4.54. The number of hydrogen-bond acceptors (Lipinski definition) is 2. The molecule has 1 heterocycles. The van der Waals surface area contributed by atoms with E-state index in [1.165, 1.54) is 30.5 Å². The maximum Gasteiger partial charge on any atom is 0.418 e. The molecule has 0 spiro atoms. The lowest BCUT2D eigenvalue weighted by Gasteiger charge is -2.13. The smallest absolute Gasteiger partial charge is 0.418 e. The van der Waals surface area contributed by atoms with Gasteiger partial charge in [-0.1, -0.05) is 12.1 Å². The molecule has 7 heteroatoms. The monoisotopic (exact) mass is 269 g/mol. The van der Waals surface area contributed by atoms with E-state index in [1.54, 1.807) is 6.07 Å². The first kappa shape index (κ1) is 13.0. The van der Waals surface area contributed by atoms with Gasteiger partial charge in [0.05, 0.1) is 17.5 Å². The average Bonchev–Trinajstić information content (AvgIpc) is 2.81. The minimum atomic E-state index is -4.46.